The third-order valence-corrected chi connectivity index (χ3v) is 4.20. The molecule has 2 aromatic rings. The number of carbonyl (C=O) groups excluding carboxylic acids is 1. The van der Waals surface area contributed by atoms with Crippen LogP contribution >= 0.6 is 22.7 Å². The van der Waals surface area contributed by atoms with E-state index in [1.807, 2.05) is 36.6 Å². The number of hydrogen-bond acceptors (Lipinski definition) is 5. The van der Waals surface area contributed by atoms with Crippen molar-refractivity contribution in [3.63, 3.8) is 0 Å². The van der Waals surface area contributed by atoms with Crippen molar-refractivity contribution in [3.05, 3.63) is 50.0 Å². The molecule has 0 atom stereocenters. The summed E-state index contributed by atoms with van der Waals surface area (Å²) >= 11 is 3.13. The molecule has 0 bridgehead atoms. The highest BCUT2D eigenvalue weighted by Crippen LogP contribution is 2.24. The van der Waals surface area contributed by atoms with Crippen molar-refractivity contribution in [3.8, 4) is 0 Å². The molecular formula is C13H9NO2S2. The number of hydrogen-bond donors (Lipinski definition) is 0. The van der Waals surface area contributed by atoms with Gasteiger partial charge in [0.05, 0.1) is 4.88 Å². The van der Waals surface area contributed by atoms with Gasteiger partial charge in [-0.25, -0.2) is 9.79 Å². The van der Waals surface area contributed by atoms with Crippen LogP contribution in [0.3, 0.4) is 0 Å². The Morgan fingerprint density at radius 2 is 2.22 bits per heavy atom. The third-order valence-electron chi connectivity index (χ3n) is 2.39. The minimum absolute atomic E-state index is 0.361. The summed E-state index contributed by atoms with van der Waals surface area (Å²) < 4.78 is 5.16. The van der Waals surface area contributed by atoms with Crippen molar-refractivity contribution in [1.82, 2.24) is 0 Å². The first-order chi connectivity index (χ1) is 8.72. The van der Waals surface area contributed by atoms with Crippen molar-refractivity contribution in [2.24, 2.45) is 4.99 Å². The SMILES string of the molecule is Cc1ccc(/C=C2\N=C(c3cccs3)OC2=O)s1. The maximum atomic E-state index is 11.7. The summed E-state index contributed by atoms with van der Waals surface area (Å²) in [4.78, 5) is 19.0. The van der Waals surface area contributed by atoms with Gasteiger partial charge < -0.3 is 4.74 Å². The molecule has 0 saturated carbocycles. The molecule has 0 amide bonds. The number of cyclic esters (lactones) is 1. The molecule has 3 nitrogen and oxygen atoms in total. The predicted molar refractivity (Wildman–Crippen MR) is 74.0 cm³/mol. The fraction of sp³-hybridized carbons (Fsp3) is 0.0769. The summed E-state index contributed by atoms with van der Waals surface area (Å²) in [5.41, 5.74) is 0.361. The molecule has 1 aliphatic heterocycles. The Labute approximate surface area is 112 Å². The lowest BCUT2D eigenvalue weighted by Gasteiger charge is -1.92. The Bertz CT molecular complexity index is 650. The van der Waals surface area contributed by atoms with Gasteiger partial charge in [-0.05, 0) is 36.6 Å². The first-order valence-electron chi connectivity index (χ1n) is 5.35. The first kappa shape index (κ1) is 11.4. The highest BCUT2D eigenvalue weighted by molar-refractivity contribution is 7.13. The maximum absolute atomic E-state index is 11.7. The fourth-order valence-corrected chi connectivity index (χ4v) is 3.04. The second kappa shape index (κ2) is 4.51. The highest BCUT2D eigenvalue weighted by atomic mass is 32.1. The molecule has 0 N–H and O–H groups in total. The van der Waals surface area contributed by atoms with Gasteiger partial charge in [-0.15, -0.1) is 22.7 Å². The van der Waals surface area contributed by atoms with Gasteiger partial charge in [0.25, 0.3) is 0 Å². The second-order valence-corrected chi connectivity index (χ2v) is 6.03. The molecule has 5 heteroatoms. The van der Waals surface area contributed by atoms with Crippen LogP contribution in [-0.4, -0.2) is 11.9 Å². The number of esters is 1. The van der Waals surface area contributed by atoms with Gasteiger partial charge in [0.1, 0.15) is 0 Å². The molecule has 0 aromatic carbocycles. The number of rotatable bonds is 2. The zero-order chi connectivity index (χ0) is 12.5. The molecule has 0 spiro atoms. The topological polar surface area (TPSA) is 38.7 Å². The van der Waals surface area contributed by atoms with Crippen molar-refractivity contribution >= 4 is 40.6 Å². The van der Waals surface area contributed by atoms with E-state index in [2.05, 4.69) is 4.99 Å². The third kappa shape index (κ3) is 2.14. The van der Waals surface area contributed by atoms with Gasteiger partial charge in [-0.1, -0.05) is 6.07 Å². The van der Waals surface area contributed by atoms with Crippen LogP contribution in [0.4, 0.5) is 0 Å². The lowest BCUT2D eigenvalue weighted by atomic mass is 10.3. The normalized spacial score (nSPS) is 17.1. The van der Waals surface area contributed by atoms with Gasteiger partial charge >= 0.3 is 5.97 Å². The lowest BCUT2D eigenvalue weighted by Crippen LogP contribution is -2.03. The van der Waals surface area contributed by atoms with E-state index in [1.54, 1.807) is 17.4 Å². The van der Waals surface area contributed by atoms with Crippen LogP contribution in [0, 0.1) is 6.92 Å². The van der Waals surface area contributed by atoms with Crippen molar-refractivity contribution in [2.45, 2.75) is 6.92 Å². The Hall–Kier alpha value is -1.72. The zero-order valence-electron chi connectivity index (χ0n) is 9.54. The van der Waals surface area contributed by atoms with Crippen LogP contribution < -0.4 is 0 Å². The molecule has 0 saturated heterocycles. The van der Waals surface area contributed by atoms with Crippen LogP contribution in [0.5, 0.6) is 0 Å². The number of thiophene rings is 2. The predicted octanol–water partition coefficient (Wildman–Crippen LogP) is 3.46. The largest absolute Gasteiger partial charge is 0.401 e. The number of aryl methyl sites for hydroxylation is 1. The van der Waals surface area contributed by atoms with Crippen LogP contribution in [0.2, 0.25) is 0 Å². The summed E-state index contributed by atoms with van der Waals surface area (Å²) in [5.74, 6) is 0.0129. The van der Waals surface area contributed by atoms with Crippen LogP contribution in [0.25, 0.3) is 6.08 Å². The van der Waals surface area contributed by atoms with Crippen LogP contribution in [0.15, 0.2) is 40.3 Å². The van der Waals surface area contributed by atoms with Crippen molar-refractivity contribution < 1.29 is 9.53 Å². The van der Waals surface area contributed by atoms with Gasteiger partial charge in [0.2, 0.25) is 5.90 Å². The minimum Gasteiger partial charge on any atom is -0.401 e. The Morgan fingerprint density at radius 1 is 1.33 bits per heavy atom. The van der Waals surface area contributed by atoms with E-state index in [1.165, 1.54) is 16.2 Å². The summed E-state index contributed by atoms with van der Waals surface area (Å²) in [7, 11) is 0. The molecule has 0 radical (unpaired) electrons. The summed E-state index contributed by atoms with van der Waals surface area (Å²) in [6.07, 6.45) is 1.76. The molecule has 2 aromatic heterocycles. The molecule has 3 heterocycles. The average Bonchev–Trinajstić information content (AvgIpc) is 3.02. The summed E-state index contributed by atoms with van der Waals surface area (Å²) in [5, 5.41) is 1.93. The van der Waals surface area contributed by atoms with Gasteiger partial charge in [-0.3, -0.25) is 0 Å². The molecule has 0 fully saturated rings. The number of carbonyl (C=O) groups is 1. The van der Waals surface area contributed by atoms with Crippen molar-refractivity contribution in [1.29, 1.82) is 0 Å². The Morgan fingerprint density at radius 3 is 2.89 bits per heavy atom. The van der Waals surface area contributed by atoms with Gasteiger partial charge in [0, 0.05) is 9.75 Å². The molecule has 3 rings (SSSR count). The Kier molecular flexibility index (Phi) is 2.85. The highest BCUT2D eigenvalue weighted by Gasteiger charge is 2.24. The lowest BCUT2D eigenvalue weighted by molar-refractivity contribution is -0.129. The summed E-state index contributed by atoms with van der Waals surface area (Å²) in [6, 6.07) is 7.77. The van der Waals surface area contributed by atoms with E-state index in [-0.39, 0.29) is 5.97 Å². The monoisotopic (exact) mass is 275 g/mol. The van der Waals surface area contributed by atoms with Gasteiger partial charge in [-0.2, -0.15) is 0 Å². The van der Waals surface area contributed by atoms with Crippen molar-refractivity contribution in [2.75, 3.05) is 0 Å². The molecule has 1 aliphatic rings. The quantitative estimate of drug-likeness (QED) is 0.622. The van der Waals surface area contributed by atoms with E-state index in [9.17, 15) is 4.79 Å². The zero-order valence-corrected chi connectivity index (χ0v) is 11.2. The second-order valence-electron chi connectivity index (χ2n) is 3.76. The molecule has 0 unspecified atom stereocenters. The van der Waals surface area contributed by atoms with E-state index in [0.717, 1.165) is 9.75 Å². The van der Waals surface area contributed by atoms with E-state index >= 15 is 0 Å². The summed E-state index contributed by atoms with van der Waals surface area (Å²) in [6.45, 7) is 2.03. The van der Waals surface area contributed by atoms with Gasteiger partial charge in [0.15, 0.2) is 5.70 Å². The number of aliphatic imine (C=N–C) groups is 1. The van der Waals surface area contributed by atoms with E-state index in [4.69, 9.17) is 4.74 Å². The molecular weight excluding hydrogens is 266 g/mol. The van der Waals surface area contributed by atoms with E-state index < -0.39 is 0 Å². The number of nitrogens with zero attached hydrogens (tertiary/aromatic N) is 1. The maximum Gasteiger partial charge on any atom is 0.363 e. The van der Waals surface area contributed by atoms with Crippen LogP contribution in [0.1, 0.15) is 14.6 Å². The molecule has 18 heavy (non-hydrogen) atoms. The van der Waals surface area contributed by atoms with Crippen LogP contribution in [-0.2, 0) is 9.53 Å². The molecule has 0 aliphatic carbocycles. The fourth-order valence-electron chi connectivity index (χ4n) is 1.58. The molecule has 90 valence electrons. The smallest absolute Gasteiger partial charge is 0.363 e. The standard InChI is InChI=1S/C13H9NO2S2/c1-8-4-5-9(18-8)7-10-13(15)16-12(14-10)11-3-2-6-17-11/h2-7H,1H3/b10-7-. The van der Waals surface area contributed by atoms with E-state index in [0.29, 0.717) is 11.6 Å². The minimum atomic E-state index is -0.385. The Balaban J connectivity index is 1.94. The average molecular weight is 275 g/mol. The first-order valence-corrected chi connectivity index (χ1v) is 7.05. The number of ether oxygens (including phenoxy) is 1.